The summed E-state index contributed by atoms with van der Waals surface area (Å²) in [5.41, 5.74) is 1.86. The number of methoxy groups -OCH3 is 1. The zero-order valence-electron chi connectivity index (χ0n) is 20.6. The number of ether oxygens (including phenoxy) is 2. The van der Waals surface area contributed by atoms with Crippen LogP contribution in [0.3, 0.4) is 0 Å². The predicted molar refractivity (Wildman–Crippen MR) is 138 cm³/mol. The van der Waals surface area contributed by atoms with Crippen molar-refractivity contribution >= 4 is 29.0 Å². The molecule has 3 N–H and O–H groups in total. The number of hydrogen-bond donors (Lipinski definition) is 3. The highest BCUT2D eigenvalue weighted by Crippen LogP contribution is 2.43. The summed E-state index contributed by atoms with van der Waals surface area (Å²) in [6, 6.07) is 21.8. The van der Waals surface area contributed by atoms with Crippen LogP contribution in [-0.4, -0.2) is 51.8 Å². The average molecular weight is 501 g/mol. The zero-order valence-corrected chi connectivity index (χ0v) is 20.6. The van der Waals surface area contributed by atoms with E-state index in [1.54, 1.807) is 49.6 Å². The molecule has 0 fully saturated rings. The molecule has 1 aromatic heterocycles. The highest BCUT2D eigenvalue weighted by Gasteiger charge is 2.49. The molecular weight excluding hydrogens is 472 g/mol. The maximum Gasteiger partial charge on any atom is 0.413 e. The van der Waals surface area contributed by atoms with Gasteiger partial charge in [0.05, 0.1) is 23.7 Å². The first-order valence-electron chi connectivity index (χ1n) is 12.0. The monoisotopic (exact) mass is 500 g/mol. The molecule has 1 aliphatic rings. The number of nitrogens with one attached hydrogen (secondary N) is 2. The van der Waals surface area contributed by atoms with Crippen molar-refractivity contribution in [2.24, 2.45) is 0 Å². The Morgan fingerprint density at radius 2 is 1.89 bits per heavy atom. The molecule has 5 rings (SSSR count). The zero-order chi connectivity index (χ0) is 26.0. The van der Waals surface area contributed by atoms with Crippen LogP contribution in [0, 0.1) is 0 Å². The van der Waals surface area contributed by atoms with Gasteiger partial charge in [-0.1, -0.05) is 54.6 Å². The van der Waals surface area contributed by atoms with E-state index >= 15 is 0 Å². The second-order valence-electron chi connectivity index (χ2n) is 9.01. The van der Waals surface area contributed by atoms with Crippen LogP contribution in [0.1, 0.15) is 40.4 Å². The molecule has 4 aromatic rings. The van der Waals surface area contributed by atoms with E-state index in [9.17, 15) is 14.7 Å². The summed E-state index contributed by atoms with van der Waals surface area (Å²) in [5.74, 6) is -0.0347. The van der Waals surface area contributed by atoms with Gasteiger partial charge in [0, 0.05) is 36.8 Å². The van der Waals surface area contributed by atoms with Crippen LogP contribution in [-0.2, 0) is 21.7 Å². The number of anilines is 1. The molecule has 9 nitrogen and oxygen atoms in total. The summed E-state index contributed by atoms with van der Waals surface area (Å²) in [6.07, 6.45) is -0.0751. The van der Waals surface area contributed by atoms with E-state index in [4.69, 9.17) is 9.47 Å². The van der Waals surface area contributed by atoms with Crippen LogP contribution in [0.4, 0.5) is 10.7 Å². The SMILES string of the molecule is COC(C)CCOC(=O)Nc1nc2ccc(C3(O)c4ccccc4C(=O)N3Cc3ccccc3)cc2[nH]1. The van der Waals surface area contributed by atoms with Gasteiger partial charge in [0.1, 0.15) is 0 Å². The molecule has 0 radical (unpaired) electrons. The third kappa shape index (κ3) is 4.66. The van der Waals surface area contributed by atoms with E-state index in [1.807, 2.05) is 37.3 Å². The number of fused-ring (bicyclic) bond motifs is 2. The van der Waals surface area contributed by atoms with E-state index in [0.29, 0.717) is 34.1 Å². The molecule has 0 saturated heterocycles. The van der Waals surface area contributed by atoms with Gasteiger partial charge in [-0.25, -0.2) is 9.78 Å². The van der Waals surface area contributed by atoms with Gasteiger partial charge in [0.25, 0.3) is 5.91 Å². The van der Waals surface area contributed by atoms with E-state index in [-0.39, 0.29) is 31.1 Å². The number of aliphatic hydroxyl groups is 1. The van der Waals surface area contributed by atoms with Crippen LogP contribution in [0.15, 0.2) is 72.8 Å². The van der Waals surface area contributed by atoms with Crippen molar-refractivity contribution < 1.29 is 24.2 Å². The number of H-pyrrole nitrogens is 1. The molecule has 0 aliphatic carbocycles. The quantitative estimate of drug-likeness (QED) is 0.331. The summed E-state index contributed by atoms with van der Waals surface area (Å²) in [4.78, 5) is 34.5. The fourth-order valence-electron chi connectivity index (χ4n) is 4.53. The molecule has 2 atom stereocenters. The molecule has 190 valence electrons. The summed E-state index contributed by atoms with van der Waals surface area (Å²) < 4.78 is 10.3. The van der Waals surface area contributed by atoms with Gasteiger partial charge in [0.15, 0.2) is 5.72 Å². The first-order chi connectivity index (χ1) is 17.9. The lowest BCUT2D eigenvalue weighted by molar-refractivity contribution is -0.0542. The number of carbonyl (C=O) groups is 2. The minimum atomic E-state index is -1.69. The Balaban J connectivity index is 1.44. The first-order valence-corrected chi connectivity index (χ1v) is 12.0. The Morgan fingerprint density at radius 1 is 1.14 bits per heavy atom. The summed E-state index contributed by atoms with van der Waals surface area (Å²) >= 11 is 0. The fraction of sp³-hybridized carbons (Fsp3) is 0.250. The van der Waals surface area contributed by atoms with Gasteiger partial charge < -0.3 is 19.6 Å². The van der Waals surface area contributed by atoms with Crippen LogP contribution in [0.25, 0.3) is 11.0 Å². The van der Waals surface area contributed by atoms with Crippen molar-refractivity contribution in [2.75, 3.05) is 19.0 Å². The topological polar surface area (TPSA) is 117 Å². The minimum absolute atomic E-state index is 0.0164. The number of imidazole rings is 1. The Morgan fingerprint density at radius 3 is 2.68 bits per heavy atom. The highest BCUT2D eigenvalue weighted by atomic mass is 16.5. The van der Waals surface area contributed by atoms with Crippen LogP contribution in [0.5, 0.6) is 0 Å². The lowest BCUT2D eigenvalue weighted by Gasteiger charge is -2.35. The van der Waals surface area contributed by atoms with Crippen molar-refractivity contribution in [3.8, 4) is 0 Å². The summed E-state index contributed by atoms with van der Waals surface area (Å²) in [7, 11) is 1.60. The van der Waals surface area contributed by atoms with Gasteiger partial charge in [0.2, 0.25) is 5.95 Å². The van der Waals surface area contributed by atoms with E-state index in [2.05, 4.69) is 15.3 Å². The van der Waals surface area contributed by atoms with Gasteiger partial charge in [-0.2, -0.15) is 0 Å². The molecule has 2 amide bonds. The number of benzene rings is 3. The number of amides is 2. The third-order valence-electron chi connectivity index (χ3n) is 6.62. The van der Waals surface area contributed by atoms with Crippen LogP contribution < -0.4 is 5.32 Å². The molecule has 0 bridgehead atoms. The minimum Gasteiger partial charge on any atom is -0.449 e. The fourth-order valence-corrected chi connectivity index (χ4v) is 4.53. The standard InChI is InChI=1S/C28H28N4O5/c1-18(36-2)14-15-37-27(34)31-26-29-23-13-12-20(16-24(23)30-26)28(35)22-11-7-6-10-21(22)25(33)32(28)17-19-8-4-3-5-9-19/h3-13,16,18,35H,14-15,17H2,1-2H3,(H2,29,30,31,34). The number of aromatic nitrogens is 2. The van der Waals surface area contributed by atoms with Gasteiger partial charge >= 0.3 is 6.09 Å². The van der Waals surface area contributed by atoms with Crippen molar-refractivity contribution in [1.29, 1.82) is 0 Å². The molecule has 2 unspecified atom stereocenters. The largest absolute Gasteiger partial charge is 0.449 e. The first kappa shape index (κ1) is 24.5. The smallest absolute Gasteiger partial charge is 0.413 e. The number of aromatic amines is 1. The second-order valence-corrected chi connectivity index (χ2v) is 9.01. The van der Waals surface area contributed by atoms with Crippen molar-refractivity contribution in [3.63, 3.8) is 0 Å². The maximum absolute atomic E-state index is 13.4. The van der Waals surface area contributed by atoms with E-state index in [1.165, 1.54) is 4.90 Å². The highest BCUT2D eigenvalue weighted by molar-refractivity contribution is 6.00. The average Bonchev–Trinajstić information content (AvgIpc) is 3.41. The number of rotatable bonds is 8. The molecule has 0 spiro atoms. The molecule has 1 aliphatic heterocycles. The number of carbonyl (C=O) groups excluding carboxylic acids is 2. The maximum atomic E-state index is 13.4. The van der Waals surface area contributed by atoms with Crippen molar-refractivity contribution in [3.05, 3.63) is 95.1 Å². The van der Waals surface area contributed by atoms with Crippen molar-refractivity contribution in [1.82, 2.24) is 14.9 Å². The Kier molecular flexibility index (Phi) is 6.64. The molecule has 3 aromatic carbocycles. The van der Waals surface area contributed by atoms with E-state index in [0.717, 1.165) is 5.56 Å². The normalized spacial score (nSPS) is 17.6. The lowest BCUT2D eigenvalue weighted by Crippen LogP contribution is -2.44. The Labute approximate surface area is 214 Å². The van der Waals surface area contributed by atoms with Gasteiger partial charge in [-0.3, -0.25) is 15.0 Å². The molecule has 9 heteroatoms. The number of hydrogen-bond acceptors (Lipinski definition) is 6. The Bertz CT molecular complexity index is 1440. The van der Waals surface area contributed by atoms with Gasteiger partial charge in [-0.15, -0.1) is 0 Å². The molecule has 2 heterocycles. The summed E-state index contributed by atoms with van der Waals surface area (Å²) in [6.45, 7) is 2.33. The molecule has 0 saturated carbocycles. The van der Waals surface area contributed by atoms with Crippen LogP contribution in [0.2, 0.25) is 0 Å². The Hall–Kier alpha value is -4.21. The van der Waals surface area contributed by atoms with E-state index < -0.39 is 11.8 Å². The number of nitrogens with zero attached hydrogens (tertiary/aromatic N) is 2. The molecular formula is C28H28N4O5. The summed E-state index contributed by atoms with van der Waals surface area (Å²) in [5, 5.41) is 14.7. The molecule has 37 heavy (non-hydrogen) atoms. The second kappa shape index (κ2) is 10.0. The van der Waals surface area contributed by atoms with Crippen molar-refractivity contribution in [2.45, 2.75) is 31.7 Å². The van der Waals surface area contributed by atoms with Crippen LogP contribution >= 0.6 is 0 Å². The van der Waals surface area contributed by atoms with Gasteiger partial charge in [-0.05, 0) is 30.7 Å². The predicted octanol–water partition coefficient (Wildman–Crippen LogP) is 4.39. The third-order valence-corrected chi connectivity index (χ3v) is 6.62. The lowest BCUT2D eigenvalue weighted by atomic mass is 9.93.